The van der Waals surface area contributed by atoms with Crippen LogP contribution in [0, 0.1) is 13.8 Å². The molecule has 2 aromatic rings. The van der Waals surface area contributed by atoms with Crippen molar-refractivity contribution >= 4 is 23.2 Å². The van der Waals surface area contributed by atoms with E-state index in [-0.39, 0.29) is 5.69 Å². The Bertz CT molecular complexity index is 706. The number of carbonyl (C=O) groups is 2. The molecule has 9 heteroatoms. The summed E-state index contributed by atoms with van der Waals surface area (Å²) >= 11 is 1.39. The van der Waals surface area contributed by atoms with E-state index >= 15 is 0 Å². The van der Waals surface area contributed by atoms with Gasteiger partial charge in [0.1, 0.15) is 11.7 Å². The van der Waals surface area contributed by atoms with Crippen molar-refractivity contribution in [2.45, 2.75) is 26.8 Å². The van der Waals surface area contributed by atoms with E-state index < -0.39 is 17.9 Å². The van der Waals surface area contributed by atoms with E-state index in [0.29, 0.717) is 10.6 Å². The van der Waals surface area contributed by atoms with Crippen LogP contribution in [-0.2, 0) is 9.53 Å². The van der Waals surface area contributed by atoms with Crippen molar-refractivity contribution in [2.75, 3.05) is 7.11 Å². The van der Waals surface area contributed by atoms with E-state index in [2.05, 4.69) is 15.3 Å². The predicted molar refractivity (Wildman–Crippen MR) is 75.8 cm³/mol. The van der Waals surface area contributed by atoms with Gasteiger partial charge in [-0.1, -0.05) is 5.21 Å². The van der Waals surface area contributed by atoms with Gasteiger partial charge < -0.3 is 10.5 Å². The first-order chi connectivity index (χ1) is 9.86. The molecule has 0 saturated carbocycles. The van der Waals surface area contributed by atoms with Gasteiger partial charge in [-0.3, -0.25) is 4.79 Å². The van der Waals surface area contributed by atoms with Gasteiger partial charge in [0.25, 0.3) is 0 Å². The predicted octanol–water partition coefficient (Wildman–Crippen LogP) is 0.851. The van der Waals surface area contributed by atoms with E-state index in [1.807, 2.05) is 13.8 Å². The monoisotopic (exact) mass is 309 g/mol. The fourth-order valence-corrected chi connectivity index (χ4v) is 2.84. The second kappa shape index (κ2) is 5.60. The lowest BCUT2D eigenvalue weighted by Crippen LogP contribution is -2.25. The maximum absolute atomic E-state index is 11.9. The van der Waals surface area contributed by atoms with Crippen molar-refractivity contribution in [3.05, 3.63) is 16.4 Å². The Labute approximate surface area is 124 Å². The summed E-state index contributed by atoms with van der Waals surface area (Å²) in [6.45, 7) is 5.25. The lowest BCUT2D eigenvalue weighted by Gasteiger charge is -2.11. The lowest BCUT2D eigenvalue weighted by atomic mass is 10.2. The van der Waals surface area contributed by atoms with Crippen molar-refractivity contribution in [2.24, 2.45) is 5.73 Å². The molecule has 0 saturated heterocycles. The van der Waals surface area contributed by atoms with Crippen LogP contribution < -0.4 is 5.73 Å². The number of thiazole rings is 1. The Morgan fingerprint density at radius 3 is 2.52 bits per heavy atom. The molecule has 0 aliphatic heterocycles. The van der Waals surface area contributed by atoms with Crippen LogP contribution in [0.3, 0.4) is 0 Å². The number of methoxy groups -OCH3 is 1. The minimum atomic E-state index is -0.743. The molecule has 0 aliphatic rings. The third-order valence-corrected chi connectivity index (χ3v) is 4.05. The number of hydrogen-bond acceptors (Lipinski definition) is 7. The zero-order valence-corrected chi connectivity index (χ0v) is 12.9. The number of rotatable bonds is 4. The second-order valence-corrected chi connectivity index (χ2v) is 5.65. The minimum absolute atomic E-state index is 0.0392. The van der Waals surface area contributed by atoms with Gasteiger partial charge in [0.05, 0.1) is 22.7 Å². The van der Waals surface area contributed by atoms with Crippen molar-refractivity contribution in [1.82, 2.24) is 20.0 Å². The van der Waals surface area contributed by atoms with E-state index in [0.717, 1.165) is 10.7 Å². The molecule has 0 spiro atoms. The number of primary amides is 1. The van der Waals surface area contributed by atoms with Crippen molar-refractivity contribution in [1.29, 1.82) is 0 Å². The maximum Gasteiger partial charge on any atom is 0.360 e. The molecule has 1 atom stereocenters. The summed E-state index contributed by atoms with van der Waals surface area (Å²) in [7, 11) is 1.26. The van der Waals surface area contributed by atoms with Crippen LogP contribution in [0.1, 0.15) is 34.2 Å². The first-order valence-electron chi connectivity index (χ1n) is 6.14. The fourth-order valence-electron chi connectivity index (χ4n) is 1.88. The zero-order valence-electron chi connectivity index (χ0n) is 12.1. The first kappa shape index (κ1) is 15.1. The van der Waals surface area contributed by atoms with Gasteiger partial charge in [-0.25, -0.2) is 14.5 Å². The molecule has 2 aromatic heterocycles. The van der Waals surface area contributed by atoms with E-state index in [4.69, 9.17) is 10.5 Å². The van der Waals surface area contributed by atoms with E-state index in [1.54, 1.807) is 6.92 Å². The summed E-state index contributed by atoms with van der Waals surface area (Å²) in [4.78, 5) is 28.3. The highest BCUT2D eigenvalue weighted by molar-refractivity contribution is 7.15. The Balaban J connectivity index is 2.70. The second-order valence-electron chi connectivity index (χ2n) is 4.45. The van der Waals surface area contributed by atoms with Gasteiger partial charge >= 0.3 is 5.97 Å². The van der Waals surface area contributed by atoms with Crippen molar-refractivity contribution in [3.63, 3.8) is 0 Å². The quantitative estimate of drug-likeness (QED) is 0.838. The maximum atomic E-state index is 11.9. The van der Waals surface area contributed by atoms with Crippen LogP contribution in [0.15, 0.2) is 0 Å². The van der Waals surface area contributed by atoms with Gasteiger partial charge in [0, 0.05) is 0 Å². The zero-order chi connectivity index (χ0) is 15.7. The smallest absolute Gasteiger partial charge is 0.360 e. The van der Waals surface area contributed by atoms with Crippen LogP contribution in [0.5, 0.6) is 0 Å². The third-order valence-electron chi connectivity index (χ3n) is 2.97. The van der Waals surface area contributed by atoms with Crippen molar-refractivity contribution in [3.8, 4) is 10.6 Å². The molecule has 0 bridgehead atoms. The van der Waals surface area contributed by atoms with Gasteiger partial charge in [-0.2, -0.15) is 0 Å². The number of carbonyl (C=O) groups excluding carboxylic acids is 2. The van der Waals surface area contributed by atoms with Crippen LogP contribution in [0.2, 0.25) is 0 Å². The molecule has 0 aromatic carbocycles. The molecular weight excluding hydrogens is 294 g/mol. The largest absolute Gasteiger partial charge is 0.464 e. The molecule has 1 amide bonds. The lowest BCUT2D eigenvalue weighted by molar-refractivity contribution is -0.120. The summed E-state index contributed by atoms with van der Waals surface area (Å²) in [5, 5.41) is 8.53. The highest BCUT2D eigenvalue weighted by atomic mass is 32.1. The SMILES string of the molecule is COC(=O)c1nnn(C(C)C(N)=O)c1-c1sc(C)nc1C. The molecule has 8 nitrogen and oxygen atoms in total. The summed E-state index contributed by atoms with van der Waals surface area (Å²) in [5.74, 6) is -1.20. The summed E-state index contributed by atoms with van der Waals surface area (Å²) in [5.41, 5.74) is 6.48. The number of amides is 1. The van der Waals surface area contributed by atoms with Gasteiger partial charge in [0.15, 0.2) is 5.69 Å². The van der Waals surface area contributed by atoms with Crippen LogP contribution in [0.4, 0.5) is 0 Å². The summed E-state index contributed by atoms with van der Waals surface area (Å²) < 4.78 is 6.04. The highest BCUT2D eigenvalue weighted by Gasteiger charge is 2.28. The summed E-state index contributed by atoms with van der Waals surface area (Å²) in [6, 6.07) is -0.743. The topological polar surface area (TPSA) is 113 Å². The standard InChI is InChI=1S/C12H15N5O3S/c1-5-10(21-7(3)14-5)9-8(12(19)20-4)15-16-17(9)6(2)11(13)18/h6H,1-4H3,(H2,13,18). The average molecular weight is 309 g/mol. The fraction of sp³-hybridized carbons (Fsp3) is 0.417. The molecule has 0 aliphatic carbocycles. The molecule has 2 N–H and O–H groups in total. The van der Waals surface area contributed by atoms with E-state index in [9.17, 15) is 9.59 Å². The molecular formula is C12H15N5O3S. The number of nitrogens with zero attached hydrogens (tertiary/aromatic N) is 4. The molecule has 0 radical (unpaired) electrons. The Morgan fingerprint density at radius 1 is 1.38 bits per heavy atom. The van der Waals surface area contributed by atoms with Gasteiger partial charge in [0.2, 0.25) is 5.91 Å². The Morgan fingerprint density at radius 2 is 2.05 bits per heavy atom. The molecule has 1 unspecified atom stereocenters. The molecule has 2 heterocycles. The number of hydrogen-bond donors (Lipinski definition) is 1. The third kappa shape index (κ3) is 2.64. The number of aryl methyl sites for hydroxylation is 2. The van der Waals surface area contributed by atoms with Crippen LogP contribution in [-0.4, -0.2) is 39.0 Å². The first-order valence-corrected chi connectivity index (χ1v) is 6.95. The highest BCUT2D eigenvalue weighted by Crippen LogP contribution is 2.33. The molecule has 0 fully saturated rings. The van der Waals surface area contributed by atoms with Gasteiger partial charge in [-0.05, 0) is 20.8 Å². The van der Waals surface area contributed by atoms with Crippen molar-refractivity contribution < 1.29 is 14.3 Å². The van der Waals surface area contributed by atoms with Crippen LogP contribution >= 0.6 is 11.3 Å². The normalized spacial score (nSPS) is 12.2. The summed E-state index contributed by atoms with van der Waals surface area (Å²) in [6.07, 6.45) is 0. The molecule has 112 valence electrons. The average Bonchev–Trinajstić information content (AvgIpc) is 2.99. The number of esters is 1. The van der Waals surface area contributed by atoms with Crippen LogP contribution in [0.25, 0.3) is 10.6 Å². The Hall–Kier alpha value is -2.29. The van der Waals surface area contributed by atoms with E-state index in [1.165, 1.54) is 23.1 Å². The molecule has 2 rings (SSSR count). The minimum Gasteiger partial charge on any atom is -0.464 e. The number of aromatic nitrogens is 4. The van der Waals surface area contributed by atoms with Gasteiger partial charge in [-0.15, -0.1) is 16.4 Å². The number of ether oxygens (including phenoxy) is 1. The molecule has 21 heavy (non-hydrogen) atoms. The number of nitrogens with two attached hydrogens (primary N) is 1. The Kier molecular flexibility index (Phi) is 4.03.